The normalized spacial score (nSPS) is 18.6. The predicted molar refractivity (Wildman–Crippen MR) is 176 cm³/mol. The predicted octanol–water partition coefficient (Wildman–Crippen LogP) is 5.31. The summed E-state index contributed by atoms with van der Waals surface area (Å²) >= 11 is 0. The van der Waals surface area contributed by atoms with Crippen LogP contribution < -0.4 is 16.2 Å². The molecule has 14 heteroatoms. The minimum absolute atomic E-state index is 0.0129. The molecule has 5 rings (SSSR count). The van der Waals surface area contributed by atoms with Gasteiger partial charge in [0, 0.05) is 30.5 Å². The van der Waals surface area contributed by atoms with Crippen molar-refractivity contribution in [1.82, 2.24) is 19.9 Å². The molecule has 0 radical (unpaired) electrons. The van der Waals surface area contributed by atoms with Crippen molar-refractivity contribution in [2.24, 2.45) is 5.92 Å². The number of anilines is 1. The molecule has 258 valence electrons. The van der Waals surface area contributed by atoms with E-state index in [-0.39, 0.29) is 59.4 Å². The Hall–Kier alpha value is -3.83. The van der Waals surface area contributed by atoms with Gasteiger partial charge in [0.1, 0.15) is 39.7 Å². The number of piperidine rings is 1. The van der Waals surface area contributed by atoms with Gasteiger partial charge in [-0.05, 0) is 70.5 Å². The van der Waals surface area contributed by atoms with Crippen LogP contribution in [0.1, 0.15) is 87.4 Å². The topological polar surface area (TPSA) is 147 Å². The molecule has 0 spiro atoms. The second kappa shape index (κ2) is 14.7. The van der Waals surface area contributed by atoms with Gasteiger partial charge in [-0.25, -0.2) is 31.6 Å². The third-order valence-corrected chi connectivity index (χ3v) is 11.4. The van der Waals surface area contributed by atoms with E-state index >= 15 is 13.2 Å². The fourth-order valence-electron chi connectivity index (χ4n) is 6.86. The highest BCUT2D eigenvalue weighted by Gasteiger charge is 2.42. The Morgan fingerprint density at radius 3 is 2.60 bits per heavy atom. The molecule has 2 aromatic heterocycles. The number of fused-ring (bicyclic) bond motifs is 1. The second-order valence-corrected chi connectivity index (χ2v) is 15.3. The number of carbonyl (C=O) groups excluding carboxylic acids is 1. The van der Waals surface area contributed by atoms with Crippen LogP contribution in [-0.2, 0) is 32.5 Å². The number of nitrogens with zero attached hydrogens (tertiary/aromatic N) is 4. The quantitative estimate of drug-likeness (QED) is 0.180. The third-order valence-electron chi connectivity index (χ3n) is 9.74. The Balaban J connectivity index is 1.53. The molecule has 48 heavy (non-hydrogen) atoms. The number of carbonyl (C=O) groups is 1. The minimum Gasteiger partial charge on any atom is -0.363 e. The lowest BCUT2D eigenvalue weighted by molar-refractivity contribution is -0.107. The standard InChI is InChI=1S/C34H41F3N6O4S/c1-23(25-7-6-8-27(29(25)35)34(36,37)20-24-9-13-39-14-10-24)42-30-26-19-28(33(21-38)11-17-48(46,47)18-12-33)32(45)43(31(26)41-22-40-30)15-4-2-3-5-16-44/h6-8,16,19,22-24,39H,2-5,9-15,17-18,20H2,1H3,(H,40,41,42)/t23-/m1/s1. The number of unbranched alkanes of at least 4 members (excludes halogenated alkanes) is 3. The van der Waals surface area contributed by atoms with Gasteiger partial charge in [0.05, 0.1) is 40.0 Å². The van der Waals surface area contributed by atoms with Crippen molar-refractivity contribution >= 4 is 33.0 Å². The summed E-state index contributed by atoms with van der Waals surface area (Å²) in [6.07, 6.45) is 4.94. The highest BCUT2D eigenvalue weighted by atomic mass is 32.2. The lowest BCUT2D eigenvalue weighted by atomic mass is 9.77. The zero-order valence-electron chi connectivity index (χ0n) is 27.0. The van der Waals surface area contributed by atoms with Crippen molar-refractivity contribution in [1.29, 1.82) is 5.26 Å². The minimum atomic E-state index is -3.36. The fraction of sp³-hybridized carbons (Fsp3) is 0.559. The highest BCUT2D eigenvalue weighted by Crippen LogP contribution is 2.41. The Labute approximate surface area is 278 Å². The van der Waals surface area contributed by atoms with Gasteiger partial charge >= 0.3 is 0 Å². The Kier molecular flexibility index (Phi) is 10.9. The van der Waals surface area contributed by atoms with Crippen molar-refractivity contribution in [3.05, 3.63) is 63.5 Å². The van der Waals surface area contributed by atoms with Gasteiger partial charge < -0.3 is 15.4 Å². The van der Waals surface area contributed by atoms with Gasteiger partial charge in [-0.3, -0.25) is 9.36 Å². The number of aldehydes is 1. The molecule has 0 amide bonds. The zero-order chi connectivity index (χ0) is 34.5. The average molecular weight is 687 g/mol. The number of alkyl halides is 2. The number of aryl methyl sites for hydroxylation is 1. The number of pyridine rings is 1. The van der Waals surface area contributed by atoms with Gasteiger partial charge in [-0.1, -0.05) is 24.6 Å². The number of rotatable bonds is 13. The summed E-state index contributed by atoms with van der Waals surface area (Å²) in [5.74, 6) is -4.87. The molecule has 3 aromatic rings. The number of nitrogens with one attached hydrogen (secondary N) is 2. The number of benzene rings is 1. The molecule has 2 aliphatic heterocycles. The van der Waals surface area contributed by atoms with Crippen molar-refractivity contribution in [3.8, 4) is 6.07 Å². The number of aromatic nitrogens is 3. The van der Waals surface area contributed by atoms with Crippen LogP contribution in [0.15, 0.2) is 35.4 Å². The van der Waals surface area contributed by atoms with Crippen LogP contribution in [0.3, 0.4) is 0 Å². The smallest absolute Gasteiger partial charge is 0.276 e. The van der Waals surface area contributed by atoms with E-state index in [9.17, 15) is 23.3 Å². The lowest BCUT2D eigenvalue weighted by Crippen LogP contribution is -2.41. The molecule has 1 aromatic carbocycles. The molecule has 10 nitrogen and oxygen atoms in total. The maximum Gasteiger partial charge on any atom is 0.276 e. The maximum atomic E-state index is 15.9. The van der Waals surface area contributed by atoms with Crippen LogP contribution in [0.25, 0.3) is 11.0 Å². The van der Waals surface area contributed by atoms with E-state index in [2.05, 4.69) is 26.7 Å². The number of hydrogen-bond donors (Lipinski definition) is 2. The Bertz CT molecular complexity index is 1840. The van der Waals surface area contributed by atoms with E-state index < -0.39 is 50.6 Å². The first-order valence-electron chi connectivity index (χ1n) is 16.5. The largest absolute Gasteiger partial charge is 0.363 e. The molecule has 2 aliphatic rings. The summed E-state index contributed by atoms with van der Waals surface area (Å²) in [6, 6.07) is 6.88. The Morgan fingerprint density at radius 1 is 1.19 bits per heavy atom. The molecular weight excluding hydrogens is 645 g/mol. The molecule has 4 heterocycles. The van der Waals surface area contributed by atoms with E-state index in [1.165, 1.54) is 29.1 Å². The van der Waals surface area contributed by atoms with Crippen LogP contribution in [0.4, 0.5) is 19.0 Å². The number of sulfone groups is 1. The first kappa shape index (κ1) is 35.5. The van der Waals surface area contributed by atoms with Gasteiger partial charge in [-0.15, -0.1) is 0 Å². The monoisotopic (exact) mass is 686 g/mol. The third kappa shape index (κ3) is 7.57. The molecule has 1 atom stereocenters. The maximum absolute atomic E-state index is 15.9. The first-order chi connectivity index (χ1) is 22.9. The number of halogens is 3. The SMILES string of the molecule is C[C@@H](Nc1ncnc2c1cc(C1(C#N)CCS(=O)(=O)CC1)c(=O)n2CCCCCC=O)c1cccc(C(F)(F)CC2CCNCC2)c1F. The van der Waals surface area contributed by atoms with Crippen molar-refractivity contribution in [3.63, 3.8) is 0 Å². The van der Waals surface area contributed by atoms with Gasteiger partial charge in [0.15, 0.2) is 0 Å². The molecule has 0 saturated carbocycles. The van der Waals surface area contributed by atoms with Crippen LogP contribution in [-0.4, -0.2) is 53.8 Å². The molecule has 0 aliphatic carbocycles. The van der Waals surface area contributed by atoms with Crippen molar-refractivity contribution < 1.29 is 26.4 Å². The van der Waals surface area contributed by atoms with Gasteiger partial charge in [0.25, 0.3) is 11.5 Å². The Morgan fingerprint density at radius 2 is 1.92 bits per heavy atom. The molecule has 2 fully saturated rings. The summed E-state index contributed by atoms with van der Waals surface area (Å²) in [5, 5.41) is 17.0. The van der Waals surface area contributed by atoms with E-state index in [0.29, 0.717) is 57.0 Å². The van der Waals surface area contributed by atoms with Gasteiger partial charge in [0.2, 0.25) is 0 Å². The number of nitriles is 1. The van der Waals surface area contributed by atoms with E-state index in [1.54, 1.807) is 6.92 Å². The molecule has 0 unspecified atom stereocenters. The second-order valence-electron chi connectivity index (χ2n) is 13.0. The molecule has 0 bridgehead atoms. The van der Waals surface area contributed by atoms with E-state index in [1.807, 2.05) is 0 Å². The van der Waals surface area contributed by atoms with Crippen LogP contribution in [0.2, 0.25) is 0 Å². The lowest BCUT2D eigenvalue weighted by Gasteiger charge is -2.31. The zero-order valence-corrected chi connectivity index (χ0v) is 27.8. The summed E-state index contributed by atoms with van der Waals surface area (Å²) in [6.45, 7) is 3.15. The molecular formula is C34H41F3N6O4S. The first-order valence-corrected chi connectivity index (χ1v) is 18.3. The highest BCUT2D eigenvalue weighted by molar-refractivity contribution is 7.91. The van der Waals surface area contributed by atoms with Crippen LogP contribution in [0.5, 0.6) is 0 Å². The van der Waals surface area contributed by atoms with Crippen molar-refractivity contribution in [2.75, 3.05) is 29.9 Å². The van der Waals surface area contributed by atoms with Crippen molar-refractivity contribution in [2.45, 2.75) is 88.6 Å². The van der Waals surface area contributed by atoms with E-state index in [0.717, 1.165) is 12.4 Å². The molecule has 2 N–H and O–H groups in total. The van der Waals surface area contributed by atoms with Crippen LogP contribution >= 0.6 is 0 Å². The fourth-order valence-corrected chi connectivity index (χ4v) is 8.38. The van der Waals surface area contributed by atoms with Gasteiger partial charge in [-0.2, -0.15) is 5.26 Å². The summed E-state index contributed by atoms with van der Waals surface area (Å²) in [4.78, 5) is 33.5. The summed E-state index contributed by atoms with van der Waals surface area (Å²) in [7, 11) is -3.36. The summed E-state index contributed by atoms with van der Waals surface area (Å²) in [5.41, 5.74) is -2.10. The molecule has 2 saturated heterocycles. The summed E-state index contributed by atoms with van der Waals surface area (Å²) < 4.78 is 72.8. The average Bonchev–Trinajstić information content (AvgIpc) is 3.06. The van der Waals surface area contributed by atoms with Crippen LogP contribution in [0, 0.1) is 23.1 Å². The number of hydrogen-bond acceptors (Lipinski definition) is 9. The van der Waals surface area contributed by atoms with E-state index in [4.69, 9.17) is 0 Å².